The highest BCUT2D eigenvalue weighted by atomic mass is 32.1. The second-order valence-corrected chi connectivity index (χ2v) is 4.51. The number of rotatable bonds is 5. The molecule has 1 aromatic rings. The van der Waals surface area contributed by atoms with Crippen molar-refractivity contribution in [2.75, 3.05) is 37.3 Å². The van der Waals surface area contributed by atoms with Crippen molar-refractivity contribution in [3.05, 3.63) is 6.20 Å². The van der Waals surface area contributed by atoms with Crippen LogP contribution in [0.4, 0.5) is 10.1 Å². The number of thiazole rings is 1. The molecule has 0 unspecified atom stereocenters. The molecule has 1 heterocycles. The SMILES string of the molecule is CCN(CC)C(=O)CN(C)c1ncc(N)s1. The molecule has 90 valence electrons. The van der Waals surface area contributed by atoms with Crippen LogP contribution in [-0.4, -0.2) is 42.5 Å². The lowest BCUT2D eigenvalue weighted by Crippen LogP contribution is -2.38. The molecule has 0 aliphatic carbocycles. The summed E-state index contributed by atoms with van der Waals surface area (Å²) in [5, 5.41) is 1.44. The third-order valence-electron chi connectivity index (χ3n) is 2.33. The van der Waals surface area contributed by atoms with Gasteiger partial charge in [0, 0.05) is 20.1 Å². The van der Waals surface area contributed by atoms with Crippen LogP contribution in [0.1, 0.15) is 13.8 Å². The van der Waals surface area contributed by atoms with Crippen LogP contribution < -0.4 is 10.6 Å². The third-order valence-corrected chi connectivity index (χ3v) is 3.27. The van der Waals surface area contributed by atoms with Crippen molar-refractivity contribution in [3.8, 4) is 0 Å². The lowest BCUT2D eigenvalue weighted by molar-refractivity contribution is -0.129. The first-order valence-electron chi connectivity index (χ1n) is 5.28. The van der Waals surface area contributed by atoms with Gasteiger partial charge in [0.05, 0.1) is 12.7 Å². The maximum atomic E-state index is 11.8. The van der Waals surface area contributed by atoms with Crippen molar-refractivity contribution >= 4 is 27.4 Å². The summed E-state index contributed by atoms with van der Waals surface area (Å²) in [6, 6.07) is 0. The third kappa shape index (κ3) is 3.10. The maximum Gasteiger partial charge on any atom is 0.242 e. The molecule has 1 aromatic heterocycles. The maximum absolute atomic E-state index is 11.8. The van der Waals surface area contributed by atoms with Crippen LogP contribution in [0, 0.1) is 0 Å². The van der Waals surface area contributed by atoms with Gasteiger partial charge in [0.15, 0.2) is 5.13 Å². The van der Waals surface area contributed by atoms with Gasteiger partial charge in [-0.1, -0.05) is 11.3 Å². The summed E-state index contributed by atoms with van der Waals surface area (Å²) in [7, 11) is 1.85. The molecule has 0 radical (unpaired) electrons. The number of carbonyl (C=O) groups is 1. The summed E-state index contributed by atoms with van der Waals surface area (Å²) >= 11 is 1.39. The van der Waals surface area contributed by atoms with E-state index in [-0.39, 0.29) is 5.91 Å². The van der Waals surface area contributed by atoms with Crippen molar-refractivity contribution in [1.82, 2.24) is 9.88 Å². The van der Waals surface area contributed by atoms with Crippen molar-refractivity contribution in [1.29, 1.82) is 0 Å². The van der Waals surface area contributed by atoms with E-state index in [4.69, 9.17) is 5.73 Å². The zero-order valence-electron chi connectivity index (χ0n) is 9.93. The van der Waals surface area contributed by atoms with Crippen LogP contribution in [0.3, 0.4) is 0 Å². The molecule has 1 amide bonds. The van der Waals surface area contributed by atoms with E-state index in [2.05, 4.69) is 4.98 Å². The molecular formula is C10H18N4OS. The predicted molar refractivity (Wildman–Crippen MR) is 67.7 cm³/mol. The quantitative estimate of drug-likeness (QED) is 0.837. The Morgan fingerprint density at radius 2 is 2.12 bits per heavy atom. The number of nitrogen functional groups attached to an aromatic ring is 1. The van der Waals surface area contributed by atoms with Crippen molar-refractivity contribution in [2.45, 2.75) is 13.8 Å². The number of carbonyl (C=O) groups excluding carboxylic acids is 1. The Bertz CT molecular complexity index is 348. The Hall–Kier alpha value is -1.30. The summed E-state index contributed by atoms with van der Waals surface area (Å²) < 4.78 is 0. The molecule has 2 N–H and O–H groups in total. The summed E-state index contributed by atoms with van der Waals surface area (Å²) in [6.45, 7) is 5.77. The van der Waals surface area contributed by atoms with Gasteiger partial charge in [0.25, 0.3) is 0 Å². The largest absolute Gasteiger partial charge is 0.389 e. The number of aromatic nitrogens is 1. The lowest BCUT2D eigenvalue weighted by Gasteiger charge is -2.22. The van der Waals surface area contributed by atoms with Gasteiger partial charge in [-0.25, -0.2) is 4.98 Å². The van der Waals surface area contributed by atoms with E-state index < -0.39 is 0 Å². The van der Waals surface area contributed by atoms with E-state index in [9.17, 15) is 4.79 Å². The van der Waals surface area contributed by atoms with E-state index in [1.807, 2.05) is 25.8 Å². The molecule has 0 spiro atoms. The minimum Gasteiger partial charge on any atom is -0.389 e. The molecule has 0 saturated heterocycles. The van der Waals surface area contributed by atoms with Crippen LogP contribution in [0.5, 0.6) is 0 Å². The fourth-order valence-electron chi connectivity index (χ4n) is 1.40. The van der Waals surface area contributed by atoms with Crippen LogP contribution in [0.2, 0.25) is 0 Å². The molecule has 6 heteroatoms. The van der Waals surface area contributed by atoms with Gasteiger partial charge >= 0.3 is 0 Å². The second-order valence-electron chi connectivity index (χ2n) is 3.47. The number of amides is 1. The van der Waals surface area contributed by atoms with Gasteiger partial charge in [-0.2, -0.15) is 0 Å². The molecule has 0 aromatic carbocycles. The molecule has 0 aliphatic rings. The average Bonchev–Trinajstić information content (AvgIpc) is 2.66. The lowest BCUT2D eigenvalue weighted by atomic mass is 10.4. The summed E-state index contributed by atoms with van der Waals surface area (Å²) in [6.07, 6.45) is 1.61. The van der Waals surface area contributed by atoms with Crippen LogP contribution in [-0.2, 0) is 4.79 Å². The first-order valence-corrected chi connectivity index (χ1v) is 6.10. The average molecular weight is 242 g/mol. The smallest absolute Gasteiger partial charge is 0.242 e. The van der Waals surface area contributed by atoms with Crippen LogP contribution in [0.25, 0.3) is 0 Å². The van der Waals surface area contributed by atoms with Gasteiger partial charge in [0.1, 0.15) is 5.00 Å². The number of nitrogens with zero attached hydrogens (tertiary/aromatic N) is 3. The molecule has 5 nitrogen and oxygen atoms in total. The normalized spacial score (nSPS) is 10.2. The minimum absolute atomic E-state index is 0.112. The van der Waals surface area contributed by atoms with Gasteiger partial charge in [-0.05, 0) is 13.8 Å². The Kier molecular flexibility index (Phi) is 4.54. The van der Waals surface area contributed by atoms with Crippen molar-refractivity contribution < 1.29 is 4.79 Å². The van der Waals surface area contributed by atoms with Gasteiger partial charge < -0.3 is 15.5 Å². The molecule has 0 saturated carbocycles. The zero-order chi connectivity index (χ0) is 12.1. The fraction of sp³-hybridized carbons (Fsp3) is 0.600. The van der Waals surface area contributed by atoms with Crippen molar-refractivity contribution in [2.24, 2.45) is 0 Å². The molecule has 0 aliphatic heterocycles. The Morgan fingerprint density at radius 3 is 2.56 bits per heavy atom. The number of likely N-dealkylation sites (N-methyl/N-ethyl adjacent to an activating group) is 2. The summed E-state index contributed by atoms with van der Waals surface area (Å²) in [5.41, 5.74) is 5.59. The molecule has 16 heavy (non-hydrogen) atoms. The number of hydrogen-bond donors (Lipinski definition) is 1. The molecule has 0 fully saturated rings. The Labute approximate surface area is 99.9 Å². The van der Waals surface area contributed by atoms with E-state index in [0.29, 0.717) is 11.5 Å². The highest BCUT2D eigenvalue weighted by molar-refractivity contribution is 7.19. The first-order chi connectivity index (χ1) is 7.58. The minimum atomic E-state index is 0.112. The summed E-state index contributed by atoms with van der Waals surface area (Å²) in [5.74, 6) is 0.112. The molecule has 1 rings (SSSR count). The summed E-state index contributed by atoms with van der Waals surface area (Å²) in [4.78, 5) is 19.6. The van der Waals surface area contributed by atoms with Gasteiger partial charge in [-0.15, -0.1) is 0 Å². The highest BCUT2D eigenvalue weighted by Gasteiger charge is 2.14. The van der Waals surface area contributed by atoms with Gasteiger partial charge in [-0.3, -0.25) is 4.79 Å². The van der Waals surface area contributed by atoms with E-state index in [1.165, 1.54) is 11.3 Å². The molecular weight excluding hydrogens is 224 g/mol. The number of anilines is 2. The first kappa shape index (κ1) is 12.8. The number of nitrogens with two attached hydrogens (primary N) is 1. The highest BCUT2D eigenvalue weighted by Crippen LogP contribution is 2.22. The zero-order valence-corrected chi connectivity index (χ0v) is 10.8. The van der Waals surface area contributed by atoms with Crippen LogP contribution >= 0.6 is 11.3 Å². The Balaban J connectivity index is 2.57. The molecule has 0 atom stereocenters. The van der Waals surface area contributed by atoms with E-state index in [1.54, 1.807) is 11.1 Å². The standard InChI is InChI=1S/C10H18N4OS/c1-4-14(5-2)9(15)7-13(3)10-12-6-8(11)16-10/h6H,4-5,7,11H2,1-3H3. The molecule has 0 bridgehead atoms. The monoisotopic (exact) mass is 242 g/mol. The predicted octanol–water partition coefficient (Wildman–Crippen LogP) is 1.03. The van der Waals surface area contributed by atoms with Crippen molar-refractivity contribution in [3.63, 3.8) is 0 Å². The topological polar surface area (TPSA) is 62.5 Å². The van der Waals surface area contributed by atoms with E-state index in [0.717, 1.165) is 18.2 Å². The second kappa shape index (κ2) is 5.69. The van der Waals surface area contributed by atoms with Gasteiger partial charge in [0.2, 0.25) is 5.91 Å². The van der Waals surface area contributed by atoms with E-state index >= 15 is 0 Å². The number of hydrogen-bond acceptors (Lipinski definition) is 5. The fourth-order valence-corrected chi connectivity index (χ4v) is 2.04. The van der Waals surface area contributed by atoms with Crippen LogP contribution in [0.15, 0.2) is 6.20 Å². The Morgan fingerprint density at radius 1 is 1.50 bits per heavy atom.